The molecule has 0 amide bonds. The molecule has 0 saturated heterocycles. The predicted octanol–water partition coefficient (Wildman–Crippen LogP) is 5.62. The minimum Gasteiger partial charge on any atom is -0.120 e. The molecule has 1 aromatic rings. The maximum Gasteiger partial charge on any atom is 0.0443 e. The van der Waals surface area contributed by atoms with E-state index < -0.39 is 0 Å². The predicted molar refractivity (Wildman–Crippen MR) is 82.8 cm³/mol. The van der Waals surface area contributed by atoms with Crippen molar-refractivity contribution in [2.45, 2.75) is 56.7 Å². The van der Waals surface area contributed by atoms with Gasteiger partial charge in [-0.15, -0.1) is 23.2 Å². The first-order chi connectivity index (χ1) is 7.97. The van der Waals surface area contributed by atoms with Crippen molar-refractivity contribution in [1.82, 2.24) is 0 Å². The van der Waals surface area contributed by atoms with Gasteiger partial charge in [-0.2, -0.15) is 0 Å². The van der Waals surface area contributed by atoms with Gasteiger partial charge in [0.25, 0.3) is 0 Å². The lowest BCUT2D eigenvalue weighted by atomic mass is 9.63. The quantitative estimate of drug-likeness (QED) is 0.631. The summed E-state index contributed by atoms with van der Waals surface area (Å²) in [7, 11) is 0. The zero-order chi connectivity index (χ0) is 14.2. The molecule has 0 heterocycles. The lowest BCUT2D eigenvalue weighted by Crippen LogP contribution is -2.50. The van der Waals surface area contributed by atoms with Crippen LogP contribution in [0.2, 0.25) is 0 Å². The van der Waals surface area contributed by atoms with Gasteiger partial charge in [0.15, 0.2) is 0 Å². The minimum atomic E-state index is -0.370. The Balaban J connectivity index is 3.30. The fourth-order valence-corrected chi connectivity index (χ4v) is 4.71. The van der Waals surface area contributed by atoms with Crippen molar-refractivity contribution >= 4 is 23.2 Å². The van der Waals surface area contributed by atoms with Gasteiger partial charge in [-0.05, 0) is 38.7 Å². The molecule has 0 atom stereocenters. The van der Waals surface area contributed by atoms with Crippen LogP contribution in [0.5, 0.6) is 0 Å². The van der Waals surface area contributed by atoms with E-state index in [9.17, 15) is 0 Å². The molecule has 1 aromatic carbocycles. The Morgan fingerprint density at radius 2 is 1.17 bits per heavy atom. The molecule has 0 aliphatic carbocycles. The molecule has 0 N–H and O–H groups in total. The number of hydrogen-bond acceptors (Lipinski definition) is 0. The van der Waals surface area contributed by atoms with E-state index in [4.69, 9.17) is 23.2 Å². The highest BCUT2D eigenvalue weighted by atomic mass is 35.5. The van der Waals surface area contributed by atoms with E-state index in [1.807, 2.05) is 33.8 Å². The summed E-state index contributed by atoms with van der Waals surface area (Å²) in [6.07, 6.45) is 0. The van der Waals surface area contributed by atoms with Crippen molar-refractivity contribution in [2.24, 2.45) is 5.92 Å². The highest BCUT2D eigenvalue weighted by Crippen LogP contribution is 2.49. The molecule has 0 bridgehead atoms. The Labute approximate surface area is 122 Å². The van der Waals surface area contributed by atoms with Gasteiger partial charge in [0, 0.05) is 15.7 Å². The van der Waals surface area contributed by atoms with Gasteiger partial charge in [0.2, 0.25) is 0 Å². The van der Waals surface area contributed by atoms with Crippen molar-refractivity contribution in [3.05, 3.63) is 35.9 Å². The van der Waals surface area contributed by atoms with Crippen molar-refractivity contribution in [3.63, 3.8) is 0 Å². The van der Waals surface area contributed by atoms with Crippen LogP contribution in [0, 0.1) is 5.92 Å². The first-order valence-electron chi connectivity index (χ1n) is 6.40. The second-order valence-corrected chi connectivity index (χ2v) is 8.60. The average molecular weight is 287 g/mol. The maximum absolute atomic E-state index is 6.63. The van der Waals surface area contributed by atoms with E-state index in [1.54, 1.807) is 0 Å². The smallest absolute Gasteiger partial charge is 0.0443 e. The van der Waals surface area contributed by atoms with Gasteiger partial charge >= 0.3 is 0 Å². The topological polar surface area (TPSA) is 0 Å². The van der Waals surface area contributed by atoms with E-state index in [0.29, 0.717) is 0 Å². The van der Waals surface area contributed by atoms with Gasteiger partial charge in [-0.1, -0.05) is 44.2 Å². The van der Waals surface area contributed by atoms with Crippen molar-refractivity contribution in [2.75, 3.05) is 0 Å². The van der Waals surface area contributed by atoms with E-state index >= 15 is 0 Å². The minimum absolute atomic E-state index is 0.0856. The summed E-state index contributed by atoms with van der Waals surface area (Å²) in [5.74, 6) is 0.142. The molecule has 0 aliphatic heterocycles. The first-order valence-corrected chi connectivity index (χ1v) is 7.16. The van der Waals surface area contributed by atoms with Crippen LogP contribution in [0.15, 0.2) is 30.3 Å². The van der Waals surface area contributed by atoms with Gasteiger partial charge in [-0.3, -0.25) is 0 Å². The fourth-order valence-electron chi connectivity index (χ4n) is 3.57. The molecule has 0 aliphatic rings. The van der Waals surface area contributed by atoms with Crippen molar-refractivity contribution in [3.8, 4) is 0 Å². The highest BCUT2D eigenvalue weighted by Gasteiger charge is 2.48. The van der Waals surface area contributed by atoms with Crippen LogP contribution < -0.4 is 0 Å². The third-order valence-corrected chi connectivity index (χ3v) is 4.05. The summed E-state index contributed by atoms with van der Waals surface area (Å²) in [4.78, 5) is -0.741. The molecule has 2 heteroatoms. The molecule has 0 radical (unpaired) electrons. The Kier molecular flexibility index (Phi) is 4.45. The Bertz CT molecular complexity index is 366. The zero-order valence-corrected chi connectivity index (χ0v) is 13.7. The zero-order valence-electron chi connectivity index (χ0n) is 12.2. The summed E-state index contributed by atoms with van der Waals surface area (Å²) in [6, 6.07) is 10.5. The van der Waals surface area contributed by atoms with E-state index in [1.165, 1.54) is 5.56 Å². The van der Waals surface area contributed by atoms with E-state index in [-0.39, 0.29) is 21.1 Å². The Hall–Kier alpha value is -0.200. The van der Waals surface area contributed by atoms with E-state index in [0.717, 1.165) is 0 Å². The molecular weight excluding hydrogens is 263 g/mol. The summed E-state index contributed by atoms with van der Waals surface area (Å²) < 4.78 is 0. The van der Waals surface area contributed by atoms with Gasteiger partial charge in [0.05, 0.1) is 0 Å². The SMILES string of the molecule is CC(C)(Cl)C(C(C)(C)Cl)C(C)(C)c1ccccc1. The number of hydrogen-bond donors (Lipinski definition) is 0. The van der Waals surface area contributed by atoms with Gasteiger partial charge in [-0.25, -0.2) is 0 Å². The monoisotopic (exact) mass is 286 g/mol. The molecule has 102 valence electrons. The molecular formula is C16H24Cl2. The normalized spacial score (nSPS) is 14.1. The van der Waals surface area contributed by atoms with Crippen LogP contribution in [0.25, 0.3) is 0 Å². The van der Waals surface area contributed by atoms with E-state index in [2.05, 4.69) is 38.1 Å². The molecule has 0 unspecified atom stereocenters. The molecule has 0 saturated carbocycles. The summed E-state index contributed by atoms with van der Waals surface area (Å²) in [5, 5.41) is 0. The standard InChI is InChI=1S/C16H24Cl2/c1-14(2,12-10-8-7-9-11-12)13(15(3,4)17)16(5,6)18/h7-11,13H,1-6H3. The van der Waals surface area contributed by atoms with Crippen LogP contribution in [0.3, 0.4) is 0 Å². The first kappa shape index (κ1) is 15.9. The van der Waals surface area contributed by atoms with Crippen LogP contribution >= 0.6 is 23.2 Å². The molecule has 0 spiro atoms. The largest absolute Gasteiger partial charge is 0.120 e. The molecule has 1 rings (SSSR count). The third-order valence-electron chi connectivity index (χ3n) is 3.61. The molecule has 0 fully saturated rings. The Morgan fingerprint density at radius 1 is 0.778 bits per heavy atom. The highest BCUT2D eigenvalue weighted by molar-refractivity contribution is 6.27. The average Bonchev–Trinajstić information content (AvgIpc) is 2.13. The second-order valence-electron chi connectivity index (χ2n) is 6.65. The lowest BCUT2D eigenvalue weighted by molar-refractivity contribution is 0.208. The van der Waals surface area contributed by atoms with Crippen molar-refractivity contribution < 1.29 is 0 Å². The van der Waals surface area contributed by atoms with Crippen LogP contribution in [-0.2, 0) is 5.41 Å². The Morgan fingerprint density at radius 3 is 1.50 bits per heavy atom. The van der Waals surface area contributed by atoms with Crippen LogP contribution in [-0.4, -0.2) is 9.75 Å². The summed E-state index contributed by atoms with van der Waals surface area (Å²) in [5.41, 5.74) is 1.19. The molecule has 18 heavy (non-hydrogen) atoms. The van der Waals surface area contributed by atoms with Gasteiger partial charge in [0.1, 0.15) is 0 Å². The van der Waals surface area contributed by atoms with Crippen molar-refractivity contribution in [1.29, 1.82) is 0 Å². The second kappa shape index (κ2) is 5.06. The number of halogens is 2. The van der Waals surface area contributed by atoms with Gasteiger partial charge < -0.3 is 0 Å². The fraction of sp³-hybridized carbons (Fsp3) is 0.625. The third kappa shape index (κ3) is 3.42. The van der Waals surface area contributed by atoms with Crippen LogP contribution in [0.1, 0.15) is 47.1 Å². The number of benzene rings is 1. The molecule has 0 nitrogen and oxygen atoms in total. The summed E-state index contributed by atoms with van der Waals surface area (Å²) >= 11 is 13.3. The lowest BCUT2D eigenvalue weighted by Gasteiger charge is -2.48. The maximum atomic E-state index is 6.63. The van der Waals surface area contributed by atoms with Crippen LogP contribution in [0.4, 0.5) is 0 Å². The number of alkyl halides is 2. The summed E-state index contributed by atoms with van der Waals surface area (Å²) in [6.45, 7) is 12.6. The molecule has 0 aromatic heterocycles. The number of rotatable bonds is 4.